The van der Waals surface area contributed by atoms with Crippen molar-refractivity contribution in [3.63, 3.8) is 0 Å². The van der Waals surface area contributed by atoms with Gasteiger partial charge in [0.25, 0.3) is 0 Å². The van der Waals surface area contributed by atoms with Gasteiger partial charge in [-0.05, 0) is 58.1 Å². The smallest absolute Gasteiger partial charge is 0.126 e. The highest BCUT2D eigenvalue weighted by atomic mass is 19.1. The average Bonchev–Trinajstić information content (AvgIpc) is 2.60. The third kappa shape index (κ3) is 46.7. The molecular formula is C28H55F. The van der Waals surface area contributed by atoms with E-state index in [0.29, 0.717) is 0 Å². The number of unbranched alkanes of at least 4 members (excludes halogenated alkanes) is 2. The second-order valence-corrected chi connectivity index (χ2v) is 8.95. The summed E-state index contributed by atoms with van der Waals surface area (Å²) in [6.45, 7) is 27.5. The first-order chi connectivity index (χ1) is 13.4. The number of hydrogen-bond acceptors (Lipinski definition) is 0. The molecule has 0 saturated heterocycles. The molecule has 0 spiro atoms. The molecule has 174 valence electrons. The maximum Gasteiger partial charge on any atom is 0.126 e. The van der Waals surface area contributed by atoms with Crippen molar-refractivity contribution >= 4 is 0 Å². The van der Waals surface area contributed by atoms with Gasteiger partial charge in [0, 0.05) is 0 Å². The van der Waals surface area contributed by atoms with Crippen molar-refractivity contribution in [3.8, 4) is 0 Å². The molecule has 0 bridgehead atoms. The Bertz CT molecular complexity index is 449. The summed E-state index contributed by atoms with van der Waals surface area (Å²) in [5, 5.41) is 0. The standard InChI is InChI=1S/C8H9F.C8H18.C5H10.C4H10.C3H8/c1-6-3-4-8(9)7(2)5-6;1-4-5-6-7-8(2)3;1-4-5(2)3;1-4(2)3;1-3-2/h3-5H,1-2H3;8H,4-7H2,1-3H3;4H,1-3H3;4H,1-3H3;3H2,1-2H3. The van der Waals surface area contributed by atoms with Crippen molar-refractivity contribution in [2.45, 2.75) is 122 Å². The van der Waals surface area contributed by atoms with E-state index in [9.17, 15) is 4.39 Å². The fraction of sp³-hybridized carbons (Fsp3) is 0.714. The summed E-state index contributed by atoms with van der Waals surface area (Å²) in [5.41, 5.74) is 3.20. The van der Waals surface area contributed by atoms with Gasteiger partial charge in [0.15, 0.2) is 0 Å². The van der Waals surface area contributed by atoms with Crippen molar-refractivity contribution in [2.24, 2.45) is 11.8 Å². The molecule has 0 aliphatic heterocycles. The van der Waals surface area contributed by atoms with Crippen LogP contribution in [0, 0.1) is 31.5 Å². The number of benzene rings is 1. The third-order valence-electron chi connectivity index (χ3n) is 3.28. The maximum atomic E-state index is 12.5. The Hall–Kier alpha value is -1.11. The first kappa shape index (κ1) is 35.3. The van der Waals surface area contributed by atoms with Gasteiger partial charge in [-0.2, -0.15) is 0 Å². The number of hydrogen-bond donors (Lipinski definition) is 0. The first-order valence-electron chi connectivity index (χ1n) is 11.7. The number of aryl methyl sites for hydroxylation is 2. The summed E-state index contributed by atoms with van der Waals surface area (Å²) >= 11 is 0. The van der Waals surface area contributed by atoms with Crippen LogP contribution in [0.15, 0.2) is 29.8 Å². The zero-order chi connectivity index (χ0) is 23.8. The summed E-state index contributed by atoms with van der Waals surface area (Å²) in [6.07, 6.45) is 8.94. The zero-order valence-corrected chi connectivity index (χ0v) is 22.4. The van der Waals surface area contributed by atoms with E-state index in [1.54, 1.807) is 13.0 Å². The Morgan fingerprint density at radius 1 is 0.931 bits per heavy atom. The molecule has 0 saturated carbocycles. The third-order valence-corrected chi connectivity index (χ3v) is 3.28. The van der Waals surface area contributed by atoms with E-state index in [1.807, 2.05) is 19.9 Å². The first-order valence-corrected chi connectivity index (χ1v) is 11.7. The summed E-state index contributed by atoms with van der Waals surface area (Å²) in [6, 6.07) is 5.09. The van der Waals surface area contributed by atoms with Gasteiger partial charge in [0.05, 0.1) is 0 Å². The highest BCUT2D eigenvalue weighted by Gasteiger charge is 1.93. The molecule has 0 aliphatic carbocycles. The van der Waals surface area contributed by atoms with E-state index in [2.05, 4.69) is 75.3 Å². The van der Waals surface area contributed by atoms with Gasteiger partial charge in [0.1, 0.15) is 5.82 Å². The van der Waals surface area contributed by atoms with E-state index >= 15 is 0 Å². The van der Waals surface area contributed by atoms with Crippen LogP contribution in [0.1, 0.15) is 119 Å². The highest BCUT2D eigenvalue weighted by Crippen LogP contribution is 2.07. The Morgan fingerprint density at radius 2 is 1.34 bits per heavy atom. The van der Waals surface area contributed by atoms with Crippen LogP contribution in [-0.4, -0.2) is 0 Å². The molecule has 1 heteroatoms. The van der Waals surface area contributed by atoms with E-state index in [1.165, 1.54) is 43.7 Å². The number of rotatable bonds is 4. The molecule has 0 heterocycles. The van der Waals surface area contributed by atoms with Gasteiger partial charge < -0.3 is 0 Å². The molecule has 29 heavy (non-hydrogen) atoms. The summed E-state index contributed by atoms with van der Waals surface area (Å²) in [5.74, 6) is 1.61. The molecule has 1 aromatic carbocycles. The van der Waals surface area contributed by atoms with Crippen LogP contribution in [0.4, 0.5) is 4.39 Å². The lowest BCUT2D eigenvalue weighted by Crippen LogP contribution is -1.85. The molecule has 0 amide bonds. The lowest BCUT2D eigenvalue weighted by Gasteiger charge is -2.00. The van der Waals surface area contributed by atoms with E-state index in [0.717, 1.165) is 23.0 Å². The normalized spacial score (nSPS) is 8.97. The van der Waals surface area contributed by atoms with Crippen LogP contribution in [0.25, 0.3) is 0 Å². The molecule has 0 unspecified atom stereocenters. The fourth-order valence-electron chi connectivity index (χ4n) is 1.60. The Balaban J connectivity index is -0.000000143. The summed E-state index contributed by atoms with van der Waals surface area (Å²) < 4.78 is 12.5. The minimum atomic E-state index is -0.124. The molecule has 0 radical (unpaired) electrons. The van der Waals surface area contributed by atoms with Crippen molar-refractivity contribution < 1.29 is 4.39 Å². The molecule has 0 aromatic heterocycles. The van der Waals surface area contributed by atoms with Crippen LogP contribution >= 0.6 is 0 Å². The lowest BCUT2D eigenvalue weighted by molar-refractivity contribution is 0.534. The zero-order valence-electron chi connectivity index (χ0n) is 22.4. The van der Waals surface area contributed by atoms with Crippen LogP contribution in [0.5, 0.6) is 0 Å². The van der Waals surface area contributed by atoms with Crippen LogP contribution in [-0.2, 0) is 0 Å². The van der Waals surface area contributed by atoms with Crippen molar-refractivity contribution in [2.75, 3.05) is 0 Å². The fourth-order valence-corrected chi connectivity index (χ4v) is 1.60. The Morgan fingerprint density at radius 3 is 1.59 bits per heavy atom. The molecule has 0 nitrogen and oxygen atoms in total. The number of allylic oxidation sites excluding steroid dienone is 2. The minimum Gasteiger partial charge on any atom is -0.207 e. The Labute approximate surface area is 185 Å². The average molecular weight is 411 g/mol. The molecule has 1 aromatic rings. The van der Waals surface area contributed by atoms with Crippen LogP contribution in [0.2, 0.25) is 0 Å². The second kappa shape index (κ2) is 26.9. The molecule has 0 N–H and O–H groups in total. The lowest BCUT2D eigenvalue weighted by atomic mass is 10.1. The second-order valence-electron chi connectivity index (χ2n) is 8.95. The van der Waals surface area contributed by atoms with Gasteiger partial charge in [-0.25, -0.2) is 4.39 Å². The van der Waals surface area contributed by atoms with Gasteiger partial charge in [0.2, 0.25) is 0 Å². The summed E-state index contributed by atoms with van der Waals surface area (Å²) in [7, 11) is 0. The quantitative estimate of drug-likeness (QED) is 0.342. The maximum absolute atomic E-state index is 12.5. The molecular weight excluding hydrogens is 355 g/mol. The molecule has 0 aliphatic rings. The largest absolute Gasteiger partial charge is 0.207 e. The SMILES string of the molecule is CC(C)C.CC=C(C)C.CCC.CCCCCC(C)C.Cc1ccc(F)c(C)c1. The topological polar surface area (TPSA) is 0 Å². The van der Waals surface area contributed by atoms with Crippen molar-refractivity contribution in [1.82, 2.24) is 0 Å². The van der Waals surface area contributed by atoms with E-state index in [4.69, 9.17) is 0 Å². The monoisotopic (exact) mass is 410 g/mol. The van der Waals surface area contributed by atoms with E-state index in [-0.39, 0.29) is 5.82 Å². The predicted molar refractivity (Wildman–Crippen MR) is 136 cm³/mol. The van der Waals surface area contributed by atoms with Gasteiger partial charge in [-0.1, -0.05) is 117 Å². The molecule has 0 atom stereocenters. The van der Waals surface area contributed by atoms with Crippen LogP contribution < -0.4 is 0 Å². The molecule has 0 fully saturated rings. The van der Waals surface area contributed by atoms with Crippen molar-refractivity contribution in [1.29, 1.82) is 0 Å². The number of halogens is 1. The van der Waals surface area contributed by atoms with Crippen LogP contribution in [0.3, 0.4) is 0 Å². The minimum absolute atomic E-state index is 0.124. The molecule has 1 rings (SSSR count). The van der Waals surface area contributed by atoms with E-state index < -0.39 is 0 Å². The Kier molecular flexibility index (Phi) is 32.8. The van der Waals surface area contributed by atoms with Gasteiger partial charge in [-0.3, -0.25) is 0 Å². The predicted octanol–water partition coefficient (Wildman–Crippen LogP) is 10.7. The van der Waals surface area contributed by atoms with Crippen molar-refractivity contribution in [3.05, 3.63) is 46.8 Å². The summed E-state index contributed by atoms with van der Waals surface area (Å²) in [4.78, 5) is 0. The van der Waals surface area contributed by atoms with Gasteiger partial charge in [-0.15, -0.1) is 0 Å². The van der Waals surface area contributed by atoms with Gasteiger partial charge >= 0.3 is 0 Å². The highest BCUT2D eigenvalue weighted by molar-refractivity contribution is 5.22.